The summed E-state index contributed by atoms with van der Waals surface area (Å²) in [6, 6.07) is 18.0. The lowest BCUT2D eigenvalue weighted by Gasteiger charge is -2.03. The van der Waals surface area contributed by atoms with Crippen molar-refractivity contribution in [2.45, 2.75) is 6.42 Å². The van der Waals surface area contributed by atoms with Gasteiger partial charge in [0.1, 0.15) is 5.01 Å². The first-order chi connectivity index (χ1) is 13.2. The van der Waals surface area contributed by atoms with E-state index in [1.165, 1.54) is 0 Å². The Hall–Kier alpha value is -3.59. The SMILES string of the molecule is O=C(Cc1nnc(NC(=O)Nc2ccccc2)s1)N/N=C\c1ccccc1. The second-order valence-corrected chi connectivity index (χ2v) is 6.39. The van der Waals surface area contributed by atoms with Gasteiger partial charge in [0.15, 0.2) is 0 Å². The molecule has 0 aliphatic rings. The van der Waals surface area contributed by atoms with E-state index in [9.17, 15) is 9.59 Å². The fourth-order valence-corrected chi connectivity index (χ4v) is 2.78. The van der Waals surface area contributed by atoms with Crippen LogP contribution in [-0.4, -0.2) is 28.4 Å². The predicted molar refractivity (Wildman–Crippen MR) is 105 cm³/mol. The van der Waals surface area contributed by atoms with Crippen LogP contribution in [0, 0.1) is 0 Å². The molecule has 27 heavy (non-hydrogen) atoms. The molecule has 9 heteroatoms. The minimum Gasteiger partial charge on any atom is -0.308 e. The molecule has 0 saturated heterocycles. The molecule has 0 spiro atoms. The fourth-order valence-electron chi connectivity index (χ4n) is 2.05. The van der Waals surface area contributed by atoms with Crippen molar-refractivity contribution in [2.75, 3.05) is 10.6 Å². The zero-order valence-electron chi connectivity index (χ0n) is 14.1. The predicted octanol–water partition coefficient (Wildman–Crippen LogP) is 2.87. The first kappa shape index (κ1) is 18.2. The zero-order valence-corrected chi connectivity index (χ0v) is 14.9. The summed E-state index contributed by atoms with van der Waals surface area (Å²) in [6.07, 6.45) is 1.57. The highest BCUT2D eigenvalue weighted by Gasteiger charge is 2.11. The molecule has 1 heterocycles. The van der Waals surface area contributed by atoms with Gasteiger partial charge in [0, 0.05) is 5.69 Å². The van der Waals surface area contributed by atoms with E-state index in [2.05, 4.69) is 31.4 Å². The molecular weight excluding hydrogens is 364 g/mol. The van der Waals surface area contributed by atoms with Crippen molar-refractivity contribution in [3.63, 3.8) is 0 Å². The van der Waals surface area contributed by atoms with Gasteiger partial charge in [0.2, 0.25) is 11.0 Å². The Kier molecular flexibility index (Phi) is 6.21. The number of hydrogen-bond donors (Lipinski definition) is 3. The van der Waals surface area contributed by atoms with Crippen LogP contribution in [0.5, 0.6) is 0 Å². The molecule has 136 valence electrons. The van der Waals surface area contributed by atoms with Crippen LogP contribution in [0.3, 0.4) is 0 Å². The number of amides is 3. The molecule has 3 amide bonds. The number of hydrogen-bond acceptors (Lipinski definition) is 6. The smallest absolute Gasteiger partial charge is 0.308 e. The summed E-state index contributed by atoms with van der Waals surface area (Å²) in [4.78, 5) is 23.8. The third-order valence-electron chi connectivity index (χ3n) is 3.23. The highest BCUT2D eigenvalue weighted by molar-refractivity contribution is 7.15. The number of aromatic nitrogens is 2. The van der Waals surface area contributed by atoms with Crippen LogP contribution in [0.25, 0.3) is 0 Å². The first-order valence-electron chi connectivity index (χ1n) is 8.01. The van der Waals surface area contributed by atoms with Crippen LogP contribution >= 0.6 is 11.3 Å². The van der Waals surface area contributed by atoms with Crippen molar-refractivity contribution in [3.05, 3.63) is 71.2 Å². The quantitative estimate of drug-likeness (QED) is 0.451. The average Bonchev–Trinajstić information content (AvgIpc) is 3.10. The lowest BCUT2D eigenvalue weighted by atomic mass is 10.2. The number of nitrogens with one attached hydrogen (secondary N) is 3. The molecule has 0 bridgehead atoms. The summed E-state index contributed by atoms with van der Waals surface area (Å²) in [5.41, 5.74) is 3.97. The molecule has 2 aromatic carbocycles. The second kappa shape index (κ2) is 9.20. The Labute approximate surface area is 159 Å². The van der Waals surface area contributed by atoms with E-state index in [1.54, 1.807) is 18.3 Å². The van der Waals surface area contributed by atoms with E-state index >= 15 is 0 Å². The topological polar surface area (TPSA) is 108 Å². The lowest BCUT2D eigenvalue weighted by Crippen LogP contribution is -2.19. The zero-order chi connectivity index (χ0) is 18.9. The van der Waals surface area contributed by atoms with Crippen LogP contribution in [-0.2, 0) is 11.2 Å². The van der Waals surface area contributed by atoms with Crippen molar-refractivity contribution in [1.29, 1.82) is 0 Å². The Balaban J connectivity index is 1.46. The van der Waals surface area contributed by atoms with Gasteiger partial charge < -0.3 is 5.32 Å². The van der Waals surface area contributed by atoms with Gasteiger partial charge in [-0.15, -0.1) is 10.2 Å². The number of benzene rings is 2. The number of para-hydroxylation sites is 1. The standard InChI is InChI=1S/C18H16N6O2S/c25-15(22-19-12-13-7-3-1-4-8-13)11-16-23-24-18(27-16)21-17(26)20-14-9-5-2-6-10-14/h1-10,12H,11H2,(H,22,25)(H2,20,21,24,26)/b19-12-. The molecule has 0 aliphatic heterocycles. The van der Waals surface area contributed by atoms with Crippen molar-refractivity contribution in [3.8, 4) is 0 Å². The van der Waals surface area contributed by atoms with E-state index in [0.29, 0.717) is 15.8 Å². The van der Waals surface area contributed by atoms with Crippen LogP contribution < -0.4 is 16.1 Å². The van der Waals surface area contributed by atoms with Crippen LogP contribution in [0.1, 0.15) is 10.6 Å². The number of hydrazone groups is 1. The Morgan fingerprint density at radius 3 is 2.41 bits per heavy atom. The fraction of sp³-hybridized carbons (Fsp3) is 0.0556. The first-order valence-corrected chi connectivity index (χ1v) is 8.83. The number of anilines is 2. The van der Waals surface area contributed by atoms with Gasteiger partial charge in [0.05, 0.1) is 12.6 Å². The number of urea groups is 1. The average molecular weight is 380 g/mol. The minimum absolute atomic E-state index is 0.0196. The monoisotopic (exact) mass is 380 g/mol. The Bertz CT molecular complexity index is 927. The molecule has 3 rings (SSSR count). The van der Waals surface area contributed by atoms with Gasteiger partial charge in [-0.05, 0) is 17.7 Å². The van der Waals surface area contributed by atoms with E-state index < -0.39 is 6.03 Å². The minimum atomic E-state index is -0.430. The molecule has 0 unspecified atom stereocenters. The van der Waals surface area contributed by atoms with E-state index in [-0.39, 0.29) is 12.3 Å². The normalized spacial score (nSPS) is 10.5. The van der Waals surface area contributed by atoms with E-state index in [4.69, 9.17) is 0 Å². The summed E-state index contributed by atoms with van der Waals surface area (Å²) in [7, 11) is 0. The summed E-state index contributed by atoms with van der Waals surface area (Å²) in [5.74, 6) is -0.321. The molecule has 0 fully saturated rings. The molecule has 0 aliphatic carbocycles. The second-order valence-electron chi connectivity index (χ2n) is 5.33. The summed E-state index contributed by atoms with van der Waals surface area (Å²) in [6.45, 7) is 0. The molecular formula is C18H16N6O2S. The van der Waals surface area contributed by atoms with E-state index in [0.717, 1.165) is 16.9 Å². The summed E-state index contributed by atoms with van der Waals surface area (Å²) in [5, 5.41) is 17.7. The molecule has 1 aromatic heterocycles. The summed E-state index contributed by atoms with van der Waals surface area (Å²) < 4.78 is 0. The maximum atomic E-state index is 11.9. The Morgan fingerprint density at radius 1 is 0.963 bits per heavy atom. The third kappa shape index (κ3) is 6.01. The number of rotatable bonds is 6. The van der Waals surface area contributed by atoms with Gasteiger partial charge in [-0.2, -0.15) is 5.10 Å². The maximum Gasteiger partial charge on any atom is 0.325 e. The number of carbonyl (C=O) groups is 2. The number of carbonyl (C=O) groups excluding carboxylic acids is 2. The molecule has 3 N–H and O–H groups in total. The summed E-state index contributed by atoms with van der Waals surface area (Å²) >= 11 is 1.12. The Morgan fingerprint density at radius 2 is 1.67 bits per heavy atom. The van der Waals surface area contributed by atoms with Gasteiger partial charge in [0.25, 0.3) is 0 Å². The van der Waals surface area contributed by atoms with Gasteiger partial charge in [-0.1, -0.05) is 59.9 Å². The largest absolute Gasteiger partial charge is 0.325 e. The maximum absolute atomic E-state index is 11.9. The van der Waals surface area contributed by atoms with E-state index in [1.807, 2.05) is 48.5 Å². The third-order valence-corrected chi connectivity index (χ3v) is 4.07. The number of nitrogens with zero attached hydrogens (tertiary/aromatic N) is 3. The highest BCUT2D eigenvalue weighted by atomic mass is 32.1. The van der Waals surface area contributed by atoms with Gasteiger partial charge in [-0.25, -0.2) is 10.2 Å². The highest BCUT2D eigenvalue weighted by Crippen LogP contribution is 2.16. The van der Waals surface area contributed by atoms with Crippen molar-refractivity contribution in [1.82, 2.24) is 15.6 Å². The van der Waals surface area contributed by atoms with Crippen LogP contribution in [0.2, 0.25) is 0 Å². The molecule has 3 aromatic rings. The lowest BCUT2D eigenvalue weighted by molar-refractivity contribution is -0.120. The molecule has 0 saturated carbocycles. The van der Waals surface area contributed by atoms with Crippen LogP contribution in [0.4, 0.5) is 15.6 Å². The van der Waals surface area contributed by atoms with Crippen molar-refractivity contribution in [2.24, 2.45) is 5.10 Å². The molecule has 0 atom stereocenters. The molecule has 0 radical (unpaired) electrons. The van der Waals surface area contributed by atoms with Gasteiger partial charge in [-0.3, -0.25) is 10.1 Å². The van der Waals surface area contributed by atoms with Crippen LogP contribution in [0.15, 0.2) is 65.8 Å². The van der Waals surface area contributed by atoms with Gasteiger partial charge >= 0.3 is 6.03 Å². The molecule has 8 nitrogen and oxygen atoms in total. The van der Waals surface area contributed by atoms with Crippen molar-refractivity contribution >= 4 is 40.3 Å². The van der Waals surface area contributed by atoms with Crippen molar-refractivity contribution < 1.29 is 9.59 Å².